The highest BCUT2D eigenvalue weighted by molar-refractivity contribution is 14.0. The average Bonchev–Trinajstić information content (AvgIpc) is 2.98. The fourth-order valence-corrected chi connectivity index (χ4v) is 3.12. The number of anilines is 1. The number of imide groups is 1. The molecule has 8 nitrogen and oxygen atoms in total. The molecule has 2 N–H and O–H groups in total. The molecule has 2 saturated heterocycles. The van der Waals surface area contributed by atoms with E-state index in [9.17, 15) is 14.0 Å². The van der Waals surface area contributed by atoms with Crippen LogP contribution in [0.4, 0.5) is 14.9 Å². The summed E-state index contributed by atoms with van der Waals surface area (Å²) in [7, 11) is 1.71. The lowest BCUT2D eigenvalue weighted by molar-refractivity contribution is -0.124. The van der Waals surface area contributed by atoms with Gasteiger partial charge in [-0.05, 0) is 24.3 Å². The fourth-order valence-electron chi connectivity index (χ4n) is 3.12. The van der Waals surface area contributed by atoms with Crippen molar-refractivity contribution in [2.24, 2.45) is 4.99 Å². The van der Waals surface area contributed by atoms with E-state index in [0.29, 0.717) is 13.1 Å². The first-order valence-corrected chi connectivity index (χ1v) is 8.63. The number of hydrogen-bond acceptors (Lipinski definition) is 4. The van der Waals surface area contributed by atoms with Crippen LogP contribution in [-0.2, 0) is 4.79 Å². The molecule has 3 rings (SSSR count). The maximum absolute atomic E-state index is 13.0. The molecule has 2 heterocycles. The Bertz CT molecular complexity index is 675. The van der Waals surface area contributed by atoms with Crippen LogP contribution in [0.15, 0.2) is 29.3 Å². The third-order valence-corrected chi connectivity index (χ3v) is 4.54. The third-order valence-electron chi connectivity index (χ3n) is 4.54. The molecule has 10 heteroatoms. The number of nitrogens with zero attached hydrogens (tertiary/aromatic N) is 4. The molecule has 148 valence electrons. The lowest BCUT2D eigenvalue weighted by atomic mass is 10.2. The lowest BCUT2D eigenvalue weighted by Crippen LogP contribution is -2.53. The molecule has 0 aliphatic carbocycles. The van der Waals surface area contributed by atoms with Gasteiger partial charge in [0, 0.05) is 52.0 Å². The first-order chi connectivity index (χ1) is 12.6. The molecule has 2 aliphatic rings. The molecule has 2 fully saturated rings. The second-order valence-corrected chi connectivity index (χ2v) is 6.13. The Morgan fingerprint density at radius 2 is 1.85 bits per heavy atom. The molecular weight excluding hydrogens is 466 g/mol. The van der Waals surface area contributed by atoms with Crippen molar-refractivity contribution in [3.63, 3.8) is 0 Å². The van der Waals surface area contributed by atoms with Crippen LogP contribution in [0.5, 0.6) is 0 Å². The number of carbonyl (C=O) groups is 2. The van der Waals surface area contributed by atoms with Gasteiger partial charge in [0.1, 0.15) is 5.82 Å². The summed E-state index contributed by atoms with van der Waals surface area (Å²) in [6.07, 6.45) is 0. The van der Waals surface area contributed by atoms with Crippen LogP contribution in [0.25, 0.3) is 0 Å². The SMILES string of the molecule is CN=C(NCCN1C(=O)CNC1=O)N1CCN(c2ccc(F)cc2)CC1.I. The molecule has 0 spiro atoms. The molecule has 1 aromatic rings. The topological polar surface area (TPSA) is 80.3 Å². The Morgan fingerprint density at radius 3 is 2.41 bits per heavy atom. The van der Waals surface area contributed by atoms with Crippen LogP contribution < -0.4 is 15.5 Å². The Labute approximate surface area is 174 Å². The predicted octanol–water partition coefficient (Wildman–Crippen LogP) is 0.693. The minimum absolute atomic E-state index is 0. The summed E-state index contributed by atoms with van der Waals surface area (Å²) < 4.78 is 13.0. The molecule has 0 unspecified atom stereocenters. The van der Waals surface area contributed by atoms with Gasteiger partial charge in [-0.15, -0.1) is 24.0 Å². The zero-order valence-corrected chi connectivity index (χ0v) is 17.5. The van der Waals surface area contributed by atoms with Crippen LogP contribution in [-0.4, -0.2) is 80.6 Å². The largest absolute Gasteiger partial charge is 0.368 e. The summed E-state index contributed by atoms with van der Waals surface area (Å²) in [6, 6.07) is 6.17. The third kappa shape index (κ3) is 5.21. The van der Waals surface area contributed by atoms with Crippen molar-refractivity contribution >= 4 is 47.6 Å². The number of urea groups is 1. The molecule has 0 atom stereocenters. The standard InChI is InChI=1S/C17H23FN6O2.HI/c1-19-16(20-6-7-24-15(25)12-21-17(24)26)23-10-8-22(9-11-23)14-4-2-13(18)3-5-14;/h2-5H,6-12H2,1H3,(H,19,20)(H,21,26);1H. The quantitative estimate of drug-likeness (QED) is 0.281. The van der Waals surface area contributed by atoms with E-state index in [1.165, 1.54) is 17.0 Å². The van der Waals surface area contributed by atoms with Gasteiger partial charge in [0.25, 0.3) is 0 Å². The Hall–Kier alpha value is -2.11. The van der Waals surface area contributed by atoms with Crippen LogP contribution >= 0.6 is 24.0 Å². The molecule has 0 aromatic heterocycles. The van der Waals surface area contributed by atoms with Crippen molar-refractivity contribution in [2.45, 2.75) is 0 Å². The second kappa shape index (κ2) is 9.72. The molecule has 3 amide bonds. The molecule has 0 saturated carbocycles. The van der Waals surface area contributed by atoms with Gasteiger partial charge in [0.05, 0.1) is 6.54 Å². The van der Waals surface area contributed by atoms with Crippen molar-refractivity contribution in [3.05, 3.63) is 30.1 Å². The number of benzene rings is 1. The van der Waals surface area contributed by atoms with E-state index < -0.39 is 0 Å². The first kappa shape index (κ1) is 21.2. The number of piperazine rings is 1. The first-order valence-electron chi connectivity index (χ1n) is 8.63. The maximum atomic E-state index is 13.0. The predicted molar refractivity (Wildman–Crippen MR) is 112 cm³/mol. The van der Waals surface area contributed by atoms with Crippen LogP contribution in [0, 0.1) is 5.82 Å². The van der Waals surface area contributed by atoms with Crippen LogP contribution in [0.3, 0.4) is 0 Å². The van der Waals surface area contributed by atoms with Crippen molar-refractivity contribution in [1.82, 2.24) is 20.4 Å². The van der Waals surface area contributed by atoms with Gasteiger partial charge in [-0.1, -0.05) is 0 Å². The summed E-state index contributed by atoms with van der Waals surface area (Å²) in [5, 5.41) is 5.70. The normalized spacial score (nSPS) is 17.7. The summed E-state index contributed by atoms with van der Waals surface area (Å²) in [5.74, 6) is 0.303. The Balaban J connectivity index is 0.00000261. The highest BCUT2D eigenvalue weighted by Crippen LogP contribution is 2.16. The summed E-state index contributed by atoms with van der Waals surface area (Å²) in [5.41, 5.74) is 1.01. The van der Waals surface area contributed by atoms with E-state index in [4.69, 9.17) is 0 Å². The summed E-state index contributed by atoms with van der Waals surface area (Å²) >= 11 is 0. The zero-order valence-electron chi connectivity index (χ0n) is 15.2. The molecule has 27 heavy (non-hydrogen) atoms. The number of nitrogens with one attached hydrogen (secondary N) is 2. The van der Waals surface area contributed by atoms with E-state index in [1.807, 2.05) is 0 Å². The van der Waals surface area contributed by atoms with E-state index in [0.717, 1.165) is 37.8 Å². The fraction of sp³-hybridized carbons (Fsp3) is 0.471. The van der Waals surface area contributed by atoms with Crippen molar-refractivity contribution in [2.75, 3.05) is 57.8 Å². The van der Waals surface area contributed by atoms with E-state index in [2.05, 4.69) is 25.4 Å². The highest BCUT2D eigenvalue weighted by Gasteiger charge is 2.28. The van der Waals surface area contributed by atoms with Gasteiger partial charge < -0.3 is 20.4 Å². The number of carbonyl (C=O) groups excluding carboxylic acids is 2. The monoisotopic (exact) mass is 490 g/mol. The minimum Gasteiger partial charge on any atom is -0.368 e. The van der Waals surface area contributed by atoms with E-state index >= 15 is 0 Å². The van der Waals surface area contributed by atoms with Crippen molar-refractivity contribution in [1.29, 1.82) is 0 Å². The minimum atomic E-state index is -0.348. The van der Waals surface area contributed by atoms with Crippen LogP contribution in [0.1, 0.15) is 0 Å². The number of hydrogen-bond donors (Lipinski definition) is 2. The van der Waals surface area contributed by atoms with E-state index in [1.54, 1.807) is 19.2 Å². The molecule has 0 radical (unpaired) electrons. The zero-order chi connectivity index (χ0) is 18.5. The number of rotatable bonds is 4. The smallest absolute Gasteiger partial charge is 0.324 e. The van der Waals surface area contributed by atoms with Gasteiger partial charge >= 0.3 is 6.03 Å². The molecule has 2 aliphatic heterocycles. The number of aliphatic imine (C=N–C) groups is 1. The maximum Gasteiger partial charge on any atom is 0.324 e. The van der Waals surface area contributed by atoms with Gasteiger partial charge in [0.15, 0.2) is 5.96 Å². The van der Waals surface area contributed by atoms with Gasteiger partial charge in [-0.25, -0.2) is 9.18 Å². The van der Waals surface area contributed by atoms with Crippen molar-refractivity contribution in [3.8, 4) is 0 Å². The summed E-state index contributed by atoms with van der Waals surface area (Å²) in [6.45, 7) is 3.99. The Morgan fingerprint density at radius 1 is 1.19 bits per heavy atom. The molecular formula is C17H24FIN6O2. The highest BCUT2D eigenvalue weighted by atomic mass is 127. The second-order valence-electron chi connectivity index (χ2n) is 6.13. The Kier molecular flexibility index (Phi) is 7.63. The van der Waals surface area contributed by atoms with E-state index in [-0.39, 0.29) is 48.3 Å². The average molecular weight is 490 g/mol. The summed E-state index contributed by atoms with van der Waals surface area (Å²) in [4.78, 5) is 32.9. The lowest BCUT2D eigenvalue weighted by Gasteiger charge is -2.37. The number of guanidine groups is 1. The van der Waals surface area contributed by atoms with Gasteiger partial charge in [0.2, 0.25) is 5.91 Å². The van der Waals surface area contributed by atoms with Gasteiger partial charge in [-0.2, -0.15) is 0 Å². The van der Waals surface area contributed by atoms with Crippen LogP contribution in [0.2, 0.25) is 0 Å². The van der Waals surface area contributed by atoms with Gasteiger partial charge in [-0.3, -0.25) is 14.7 Å². The molecule has 1 aromatic carbocycles. The molecule has 0 bridgehead atoms. The number of amides is 3. The number of halogens is 2. The van der Waals surface area contributed by atoms with Crippen molar-refractivity contribution < 1.29 is 14.0 Å².